The quantitative estimate of drug-likeness (QED) is 0.310. The van der Waals surface area contributed by atoms with Crippen molar-refractivity contribution in [3.63, 3.8) is 0 Å². The molecule has 1 aliphatic rings. The van der Waals surface area contributed by atoms with Gasteiger partial charge in [-0.25, -0.2) is 0 Å². The molecule has 5 unspecified atom stereocenters. The molecule has 0 aliphatic carbocycles. The zero-order chi connectivity index (χ0) is 13.4. The minimum Gasteiger partial charge on any atom is -0.387 e. The van der Waals surface area contributed by atoms with Crippen LogP contribution in [0.3, 0.4) is 0 Å². The smallest absolute Gasteiger partial charge is 0.384 e. The second-order valence-corrected chi connectivity index (χ2v) is 5.01. The van der Waals surface area contributed by atoms with Gasteiger partial charge in [0, 0.05) is 0 Å². The molecule has 1 fully saturated rings. The van der Waals surface area contributed by atoms with E-state index < -0.39 is 43.9 Å². The summed E-state index contributed by atoms with van der Waals surface area (Å²) in [5.74, 6) is 0. The van der Waals surface area contributed by atoms with Crippen molar-refractivity contribution in [3.05, 3.63) is 11.6 Å². The average molecular weight is 274 g/mol. The molecule has 0 aromatic rings. The van der Waals surface area contributed by atoms with Crippen LogP contribution in [0.25, 0.3) is 0 Å². The molecular formula is C7H12FO8P. The van der Waals surface area contributed by atoms with Gasteiger partial charge in [0.05, 0.1) is 0 Å². The fraction of sp³-hybridized carbons (Fsp3) is 0.714. The maximum atomic E-state index is 12.9. The lowest BCUT2D eigenvalue weighted by Gasteiger charge is -2.37. The van der Waals surface area contributed by atoms with E-state index >= 15 is 0 Å². The predicted molar refractivity (Wildman–Crippen MR) is 50.1 cm³/mol. The molecule has 5 atom stereocenters. The first-order valence-electron chi connectivity index (χ1n) is 4.45. The van der Waals surface area contributed by atoms with Gasteiger partial charge in [-0.1, -0.05) is 0 Å². The number of hydrogen-bond donors (Lipinski definition) is 6. The lowest BCUT2D eigenvalue weighted by molar-refractivity contribution is -0.271. The van der Waals surface area contributed by atoms with Crippen molar-refractivity contribution in [2.75, 3.05) is 0 Å². The summed E-state index contributed by atoms with van der Waals surface area (Å²) in [6, 6.07) is 0. The first kappa shape index (κ1) is 14.7. The van der Waals surface area contributed by atoms with E-state index in [0.29, 0.717) is 0 Å². The van der Waals surface area contributed by atoms with Gasteiger partial charge in [-0.3, -0.25) is 4.57 Å². The first-order valence-corrected chi connectivity index (χ1v) is 6.07. The lowest BCUT2D eigenvalue weighted by Crippen LogP contribution is -2.56. The van der Waals surface area contributed by atoms with Crippen LogP contribution in [-0.2, 0) is 9.30 Å². The Balaban J connectivity index is 2.89. The molecule has 8 nitrogen and oxygen atoms in total. The molecule has 1 saturated heterocycles. The van der Waals surface area contributed by atoms with Crippen molar-refractivity contribution >= 4 is 7.60 Å². The van der Waals surface area contributed by atoms with Crippen molar-refractivity contribution < 1.29 is 43.9 Å². The SMILES string of the molecule is O=P(O)(O)C(F)=CC1OC(O)C(O)C(O)C1O. The molecule has 0 bridgehead atoms. The summed E-state index contributed by atoms with van der Waals surface area (Å²) in [7, 11) is -5.13. The van der Waals surface area contributed by atoms with Crippen LogP contribution in [0.4, 0.5) is 4.39 Å². The minimum absolute atomic E-state index is 0.240. The van der Waals surface area contributed by atoms with Gasteiger partial charge >= 0.3 is 7.60 Å². The Morgan fingerprint density at radius 3 is 2.12 bits per heavy atom. The molecule has 0 saturated carbocycles. The monoisotopic (exact) mass is 274 g/mol. The summed E-state index contributed by atoms with van der Waals surface area (Å²) in [6.07, 6.45) is -8.80. The highest BCUT2D eigenvalue weighted by molar-refractivity contribution is 7.56. The van der Waals surface area contributed by atoms with Crippen LogP contribution < -0.4 is 0 Å². The van der Waals surface area contributed by atoms with Crippen molar-refractivity contribution in [2.24, 2.45) is 0 Å². The molecule has 1 aliphatic heterocycles. The molecule has 1 rings (SSSR count). The van der Waals surface area contributed by atoms with Crippen molar-refractivity contribution in [3.8, 4) is 0 Å². The Bertz CT molecular complexity index is 354. The molecule has 0 aromatic carbocycles. The summed E-state index contributed by atoms with van der Waals surface area (Å²) in [6.45, 7) is 0. The summed E-state index contributed by atoms with van der Waals surface area (Å²) in [5, 5.41) is 36.7. The van der Waals surface area contributed by atoms with Gasteiger partial charge in [0.1, 0.15) is 24.4 Å². The van der Waals surface area contributed by atoms with E-state index in [2.05, 4.69) is 4.74 Å². The number of ether oxygens (including phenoxy) is 1. The fourth-order valence-corrected chi connectivity index (χ4v) is 1.60. The molecule has 0 radical (unpaired) electrons. The van der Waals surface area contributed by atoms with Crippen molar-refractivity contribution in [1.29, 1.82) is 0 Å². The average Bonchev–Trinajstić information content (AvgIpc) is 2.21. The van der Waals surface area contributed by atoms with Gasteiger partial charge in [0.15, 0.2) is 6.29 Å². The maximum Gasteiger partial charge on any atom is 0.384 e. The van der Waals surface area contributed by atoms with Gasteiger partial charge in [0.2, 0.25) is 5.57 Å². The summed E-state index contributed by atoms with van der Waals surface area (Å²) in [4.78, 5) is 16.9. The lowest BCUT2D eigenvalue weighted by atomic mass is 9.99. The van der Waals surface area contributed by atoms with Crippen molar-refractivity contribution in [1.82, 2.24) is 0 Å². The summed E-state index contributed by atoms with van der Waals surface area (Å²) in [5.41, 5.74) is -1.86. The van der Waals surface area contributed by atoms with Gasteiger partial charge in [-0.15, -0.1) is 0 Å². The highest BCUT2D eigenvalue weighted by atomic mass is 31.2. The van der Waals surface area contributed by atoms with Crippen LogP contribution in [0.2, 0.25) is 0 Å². The molecule has 0 spiro atoms. The Morgan fingerprint density at radius 2 is 1.65 bits per heavy atom. The Hall–Kier alpha value is -0.380. The minimum atomic E-state index is -5.13. The largest absolute Gasteiger partial charge is 0.387 e. The second kappa shape index (κ2) is 5.09. The third-order valence-corrected chi connectivity index (χ3v) is 2.91. The third-order valence-electron chi connectivity index (χ3n) is 2.21. The van der Waals surface area contributed by atoms with Gasteiger partial charge in [0.25, 0.3) is 0 Å². The predicted octanol–water partition coefficient (Wildman–Crippen LogP) is -2.23. The standard InChI is InChI=1S/C7H12FO8P/c8-3(17(13,14)15)1-2-4(9)5(10)6(11)7(12)16-2/h1-2,4-7,9-12H,(H2,13,14,15). The Kier molecular flexibility index (Phi) is 4.39. The highest BCUT2D eigenvalue weighted by Crippen LogP contribution is 2.46. The summed E-state index contributed by atoms with van der Waals surface area (Å²) >= 11 is 0. The molecule has 0 aromatic heterocycles. The fourth-order valence-electron chi connectivity index (χ4n) is 1.26. The van der Waals surface area contributed by atoms with Gasteiger partial charge in [-0.2, -0.15) is 4.39 Å². The van der Waals surface area contributed by atoms with Crippen LogP contribution in [0.1, 0.15) is 0 Å². The third kappa shape index (κ3) is 3.30. The van der Waals surface area contributed by atoms with E-state index in [-0.39, 0.29) is 6.08 Å². The van der Waals surface area contributed by atoms with Crippen molar-refractivity contribution in [2.45, 2.75) is 30.7 Å². The normalized spacial score (nSPS) is 40.4. The van der Waals surface area contributed by atoms with Gasteiger partial charge < -0.3 is 34.9 Å². The molecule has 100 valence electrons. The maximum absolute atomic E-state index is 12.9. The topological polar surface area (TPSA) is 148 Å². The van der Waals surface area contributed by atoms with Crippen LogP contribution in [-0.4, -0.2) is 60.9 Å². The number of rotatable bonds is 2. The number of aliphatic hydroxyl groups excluding tert-OH is 4. The molecule has 1 heterocycles. The van der Waals surface area contributed by atoms with Crippen LogP contribution in [0.15, 0.2) is 11.6 Å². The molecular weight excluding hydrogens is 262 g/mol. The molecule has 6 N–H and O–H groups in total. The highest BCUT2D eigenvalue weighted by Gasteiger charge is 2.43. The Morgan fingerprint density at radius 1 is 1.12 bits per heavy atom. The molecule has 17 heavy (non-hydrogen) atoms. The van der Waals surface area contributed by atoms with Crippen LogP contribution in [0, 0.1) is 0 Å². The van der Waals surface area contributed by atoms with E-state index in [4.69, 9.17) is 20.0 Å². The van der Waals surface area contributed by atoms with E-state index in [1.54, 1.807) is 0 Å². The first-order chi connectivity index (χ1) is 7.64. The summed E-state index contributed by atoms with van der Waals surface area (Å²) < 4.78 is 27.9. The molecule has 0 amide bonds. The van der Waals surface area contributed by atoms with E-state index in [1.807, 2.05) is 0 Å². The number of hydrogen-bond acceptors (Lipinski definition) is 6. The number of halogens is 1. The molecule has 10 heteroatoms. The zero-order valence-corrected chi connectivity index (χ0v) is 9.18. The Labute approximate surface area is 94.7 Å². The van der Waals surface area contributed by atoms with Crippen LogP contribution >= 0.6 is 7.60 Å². The van der Waals surface area contributed by atoms with Crippen LogP contribution in [0.5, 0.6) is 0 Å². The number of aliphatic hydroxyl groups is 4. The second-order valence-electron chi connectivity index (χ2n) is 3.50. The van der Waals surface area contributed by atoms with E-state index in [0.717, 1.165) is 0 Å². The van der Waals surface area contributed by atoms with Gasteiger partial charge in [-0.05, 0) is 6.08 Å². The van der Waals surface area contributed by atoms with E-state index in [1.165, 1.54) is 0 Å². The van der Waals surface area contributed by atoms with E-state index in [9.17, 15) is 19.2 Å². The zero-order valence-electron chi connectivity index (χ0n) is 8.29.